The number of aryl methyl sites for hydroxylation is 1. The van der Waals surface area contributed by atoms with Crippen molar-refractivity contribution in [1.29, 1.82) is 0 Å². The third kappa shape index (κ3) is 3.55. The molecule has 1 N–H and O–H groups in total. The number of hydrogen-bond donors (Lipinski definition) is 1. The van der Waals surface area contributed by atoms with Gasteiger partial charge in [0.25, 0.3) is 5.91 Å². The third-order valence-electron chi connectivity index (χ3n) is 2.57. The number of anilines is 1. The van der Waals surface area contributed by atoms with Crippen molar-refractivity contribution < 1.29 is 9.18 Å². The first-order chi connectivity index (χ1) is 8.95. The fourth-order valence-electron chi connectivity index (χ4n) is 1.61. The maximum atomic E-state index is 13.2. The summed E-state index contributed by atoms with van der Waals surface area (Å²) in [6.07, 6.45) is 0. The van der Waals surface area contributed by atoms with Crippen molar-refractivity contribution in [2.75, 3.05) is 5.32 Å². The van der Waals surface area contributed by atoms with Gasteiger partial charge in [-0.05, 0) is 42.8 Å². The lowest BCUT2D eigenvalue weighted by atomic mass is 10.1. The van der Waals surface area contributed by atoms with Crippen LogP contribution in [0.4, 0.5) is 10.1 Å². The van der Waals surface area contributed by atoms with Gasteiger partial charge in [0.05, 0.1) is 0 Å². The van der Waals surface area contributed by atoms with Crippen LogP contribution in [0.2, 0.25) is 5.02 Å². The van der Waals surface area contributed by atoms with E-state index in [0.717, 1.165) is 5.56 Å². The molecule has 5 heteroatoms. The van der Waals surface area contributed by atoms with Gasteiger partial charge in [0.2, 0.25) is 0 Å². The Kier molecular flexibility index (Phi) is 4.22. The van der Waals surface area contributed by atoms with Gasteiger partial charge in [-0.2, -0.15) is 0 Å². The predicted octanol–water partition coefficient (Wildman–Crippen LogP) is 4.80. The Hall–Kier alpha value is -1.39. The molecule has 2 rings (SSSR count). The monoisotopic (exact) mass is 341 g/mol. The maximum Gasteiger partial charge on any atom is 0.255 e. The average Bonchev–Trinajstić information content (AvgIpc) is 2.32. The molecule has 0 saturated carbocycles. The summed E-state index contributed by atoms with van der Waals surface area (Å²) < 4.78 is 13.8. The van der Waals surface area contributed by atoms with E-state index in [1.54, 1.807) is 24.3 Å². The summed E-state index contributed by atoms with van der Waals surface area (Å²) in [5, 5.41) is 3.24. The highest BCUT2D eigenvalue weighted by Gasteiger charge is 2.10. The molecule has 98 valence electrons. The molecule has 0 heterocycles. The number of amides is 1. The first kappa shape index (κ1) is 14.0. The SMILES string of the molecule is Cc1ccc(Cl)cc1NC(=O)c1cc(F)cc(Br)c1. The van der Waals surface area contributed by atoms with Crippen molar-refractivity contribution >= 4 is 39.1 Å². The quantitative estimate of drug-likeness (QED) is 0.834. The molecule has 1 amide bonds. The fourth-order valence-corrected chi connectivity index (χ4v) is 2.25. The van der Waals surface area contributed by atoms with Crippen LogP contribution in [0.3, 0.4) is 0 Å². The minimum atomic E-state index is -0.470. The zero-order valence-corrected chi connectivity index (χ0v) is 12.3. The number of benzene rings is 2. The van der Waals surface area contributed by atoms with Crippen molar-refractivity contribution in [2.24, 2.45) is 0 Å². The van der Waals surface area contributed by atoms with E-state index in [-0.39, 0.29) is 11.5 Å². The molecule has 0 bridgehead atoms. The van der Waals surface area contributed by atoms with E-state index in [9.17, 15) is 9.18 Å². The topological polar surface area (TPSA) is 29.1 Å². The van der Waals surface area contributed by atoms with Gasteiger partial charge in [-0.3, -0.25) is 4.79 Å². The van der Waals surface area contributed by atoms with Gasteiger partial charge in [0, 0.05) is 20.7 Å². The zero-order valence-electron chi connectivity index (χ0n) is 10.0. The normalized spacial score (nSPS) is 10.3. The largest absolute Gasteiger partial charge is 0.322 e. The van der Waals surface area contributed by atoms with Crippen molar-refractivity contribution in [1.82, 2.24) is 0 Å². The molecular formula is C14H10BrClFNO. The second-order valence-corrected chi connectivity index (χ2v) is 5.42. The summed E-state index contributed by atoms with van der Waals surface area (Å²) in [5.41, 5.74) is 1.73. The van der Waals surface area contributed by atoms with Gasteiger partial charge < -0.3 is 5.32 Å². The molecule has 0 fully saturated rings. The van der Waals surface area contributed by atoms with Crippen LogP contribution in [0.1, 0.15) is 15.9 Å². The van der Waals surface area contributed by atoms with Crippen LogP contribution in [0.5, 0.6) is 0 Å². The van der Waals surface area contributed by atoms with E-state index < -0.39 is 5.82 Å². The first-order valence-corrected chi connectivity index (χ1v) is 6.66. The predicted molar refractivity (Wildman–Crippen MR) is 78.2 cm³/mol. The van der Waals surface area contributed by atoms with Crippen LogP contribution in [-0.2, 0) is 0 Å². The second-order valence-electron chi connectivity index (χ2n) is 4.07. The zero-order chi connectivity index (χ0) is 14.0. The van der Waals surface area contributed by atoms with Crippen molar-refractivity contribution in [2.45, 2.75) is 6.92 Å². The average molecular weight is 343 g/mol. The molecule has 2 aromatic rings. The molecule has 0 saturated heterocycles. The summed E-state index contributed by atoms with van der Waals surface area (Å²) in [6.45, 7) is 1.85. The van der Waals surface area contributed by atoms with E-state index in [1.807, 2.05) is 6.92 Å². The molecule has 2 aromatic carbocycles. The number of hydrogen-bond acceptors (Lipinski definition) is 1. The molecule has 0 aliphatic rings. The lowest BCUT2D eigenvalue weighted by molar-refractivity contribution is 0.102. The van der Waals surface area contributed by atoms with E-state index in [1.165, 1.54) is 12.1 Å². The Morgan fingerprint density at radius 2 is 2.00 bits per heavy atom. The number of halogens is 3. The van der Waals surface area contributed by atoms with Gasteiger partial charge in [-0.1, -0.05) is 33.6 Å². The molecule has 0 aliphatic carbocycles. The standard InChI is InChI=1S/C14H10BrClFNO/c1-8-2-3-11(16)7-13(8)18-14(19)9-4-10(15)6-12(17)5-9/h2-7H,1H3,(H,18,19). The van der Waals surface area contributed by atoms with Gasteiger partial charge in [0.15, 0.2) is 0 Å². The maximum absolute atomic E-state index is 13.2. The Morgan fingerprint density at radius 3 is 2.68 bits per heavy atom. The number of nitrogens with one attached hydrogen (secondary N) is 1. The third-order valence-corrected chi connectivity index (χ3v) is 3.27. The van der Waals surface area contributed by atoms with Gasteiger partial charge >= 0.3 is 0 Å². The Labute approximate surface area is 123 Å². The Morgan fingerprint density at radius 1 is 1.26 bits per heavy atom. The van der Waals surface area contributed by atoms with Crippen LogP contribution < -0.4 is 5.32 Å². The van der Waals surface area contributed by atoms with Gasteiger partial charge in [-0.15, -0.1) is 0 Å². The number of carbonyl (C=O) groups is 1. The molecule has 2 nitrogen and oxygen atoms in total. The van der Waals surface area contributed by atoms with E-state index in [0.29, 0.717) is 15.2 Å². The molecule has 0 radical (unpaired) electrons. The van der Waals surface area contributed by atoms with E-state index >= 15 is 0 Å². The smallest absolute Gasteiger partial charge is 0.255 e. The molecule has 0 spiro atoms. The Bertz CT molecular complexity index is 625. The van der Waals surface area contributed by atoms with Crippen LogP contribution >= 0.6 is 27.5 Å². The molecular weight excluding hydrogens is 333 g/mol. The van der Waals surface area contributed by atoms with Crippen LogP contribution in [0.25, 0.3) is 0 Å². The van der Waals surface area contributed by atoms with Crippen LogP contribution in [0.15, 0.2) is 40.9 Å². The lowest BCUT2D eigenvalue weighted by Gasteiger charge is -2.09. The van der Waals surface area contributed by atoms with Crippen molar-refractivity contribution in [3.63, 3.8) is 0 Å². The molecule has 0 aromatic heterocycles. The number of rotatable bonds is 2. The highest BCUT2D eigenvalue weighted by atomic mass is 79.9. The second kappa shape index (κ2) is 5.72. The highest BCUT2D eigenvalue weighted by molar-refractivity contribution is 9.10. The van der Waals surface area contributed by atoms with Crippen molar-refractivity contribution in [3.8, 4) is 0 Å². The van der Waals surface area contributed by atoms with Gasteiger partial charge in [0.1, 0.15) is 5.82 Å². The summed E-state index contributed by atoms with van der Waals surface area (Å²) in [5.74, 6) is -0.854. The number of carbonyl (C=O) groups excluding carboxylic acids is 1. The highest BCUT2D eigenvalue weighted by Crippen LogP contribution is 2.22. The molecule has 0 atom stereocenters. The summed E-state index contributed by atoms with van der Waals surface area (Å²) >= 11 is 9.03. The minimum absolute atomic E-state index is 0.242. The van der Waals surface area contributed by atoms with Gasteiger partial charge in [-0.25, -0.2) is 4.39 Å². The molecule has 19 heavy (non-hydrogen) atoms. The van der Waals surface area contributed by atoms with E-state index in [2.05, 4.69) is 21.2 Å². The van der Waals surface area contributed by atoms with E-state index in [4.69, 9.17) is 11.6 Å². The summed E-state index contributed by atoms with van der Waals surface area (Å²) in [7, 11) is 0. The van der Waals surface area contributed by atoms with Crippen LogP contribution in [-0.4, -0.2) is 5.91 Å². The first-order valence-electron chi connectivity index (χ1n) is 5.49. The molecule has 0 unspecified atom stereocenters. The molecule has 0 aliphatic heterocycles. The van der Waals surface area contributed by atoms with Crippen molar-refractivity contribution in [3.05, 3.63) is 62.8 Å². The van der Waals surface area contributed by atoms with Crippen LogP contribution in [0, 0.1) is 12.7 Å². The fraction of sp³-hybridized carbons (Fsp3) is 0.0714. The minimum Gasteiger partial charge on any atom is -0.322 e. The summed E-state index contributed by atoms with van der Waals surface area (Å²) in [4.78, 5) is 12.0. The summed E-state index contributed by atoms with van der Waals surface area (Å²) in [6, 6.07) is 9.23. The lowest BCUT2D eigenvalue weighted by Crippen LogP contribution is -2.13. The Balaban J connectivity index is 2.28.